The summed E-state index contributed by atoms with van der Waals surface area (Å²) >= 11 is 0. The summed E-state index contributed by atoms with van der Waals surface area (Å²) in [6.07, 6.45) is 4.28. The number of hydrogen-bond donors (Lipinski definition) is 2. The molecule has 5 heteroatoms. The van der Waals surface area contributed by atoms with Crippen molar-refractivity contribution in [3.8, 4) is 5.75 Å². The Morgan fingerprint density at radius 2 is 1.95 bits per heavy atom. The second-order valence-corrected chi connectivity index (χ2v) is 4.57. The van der Waals surface area contributed by atoms with Gasteiger partial charge in [0.2, 0.25) is 0 Å². The highest BCUT2D eigenvalue weighted by molar-refractivity contribution is 6.04. The van der Waals surface area contributed by atoms with Crippen LogP contribution in [0.3, 0.4) is 0 Å². The minimum atomic E-state index is -0.187. The molecule has 0 aliphatic carbocycles. The van der Waals surface area contributed by atoms with Gasteiger partial charge in [0.05, 0.1) is 18.4 Å². The van der Waals surface area contributed by atoms with E-state index in [1.165, 1.54) is 0 Å². The van der Waals surface area contributed by atoms with Crippen molar-refractivity contribution in [2.24, 2.45) is 0 Å². The molecule has 0 atom stereocenters. The van der Waals surface area contributed by atoms with Crippen molar-refractivity contribution >= 4 is 17.3 Å². The van der Waals surface area contributed by atoms with E-state index >= 15 is 0 Å². The summed E-state index contributed by atoms with van der Waals surface area (Å²) in [5, 5.41) is 6.04. The lowest BCUT2D eigenvalue weighted by Crippen LogP contribution is -2.13. The molecule has 0 aliphatic heterocycles. The Morgan fingerprint density at radius 1 is 1.19 bits per heavy atom. The van der Waals surface area contributed by atoms with Gasteiger partial charge in [-0.25, -0.2) is 0 Å². The Kier molecular flexibility index (Phi) is 5.15. The van der Waals surface area contributed by atoms with Crippen molar-refractivity contribution in [2.75, 3.05) is 24.3 Å². The zero-order chi connectivity index (χ0) is 15.1. The number of anilines is 2. The van der Waals surface area contributed by atoms with E-state index in [2.05, 4.69) is 22.5 Å². The number of carbonyl (C=O) groups excluding carboxylic acids is 1. The molecule has 1 aromatic carbocycles. The summed E-state index contributed by atoms with van der Waals surface area (Å²) in [6, 6.07) is 8.98. The molecule has 1 heterocycles. The van der Waals surface area contributed by atoms with Gasteiger partial charge in [-0.2, -0.15) is 0 Å². The predicted octanol–water partition coefficient (Wildman–Crippen LogP) is 3.16. The highest BCUT2D eigenvalue weighted by Gasteiger charge is 2.07. The van der Waals surface area contributed by atoms with Crippen molar-refractivity contribution in [3.63, 3.8) is 0 Å². The van der Waals surface area contributed by atoms with E-state index in [1.54, 1.807) is 49.8 Å². The number of pyridine rings is 1. The Balaban J connectivity index is 2.05. The number of rotatable bonds is 6. The summed E-state index contributed by atoms with van der Waals surface area (Å²) in [7, 11) is 1.61. The fraction of sp³-hybridized carbons (Fsp3) is 0.250. The molecule has 0 bridgehead atoms. The molecule has 21 heavy (non-hydrogen) atoms. The van der Waals surface area contributed by atoms with Gasteiger partial charge in [-0.3, -0.25) is 9.78 Å². The maximum absolute atomic E-state index is 12.2. The highest BCUT2D eigenvalue weighted by Crippen LogP contribution is 2.16. The van der Waals surface area contributed by atoms with Gasteiger partial charge in [-0.05, 0) is 36.8 Å². The lowest BCUT2D eigenvalue weighted by Gasteiger charge is -2.08. The van der Waals surface area contributed by atoms with Gasteiger partial charge in [-0.1, -0.05) is 6.92 Å². The standard InChI is InChI=1S/C16H19N3O2/c1-3-8-18-14-9-12(10-17-11-14)16(20)19-13-4-6-15(21-2)7-5-13/h4-7,9-11,18H,3,8H2,1-2H3,(H,19,20). The van der Waals surface area contributed by atoms with Crippen molar-refractivity contribution < 1.29 is 9.53 Å². The minimum absolute atomic E-state index is 0.187. The van der Waals surface area contributed by atoms with Gasteiger partial charge in [0.15, 0.2) is 0 Å². The molecular formula is C16H19N3O2. The maximum Gasteiger partial charge on any atom is 0.257 e. The fourth-order valence-electron chi connectivity index (χ4n) is 1.81. The Morgan fingerprint density at radius 3 is 2.62 bits per heavy atom. The largest absolute Gasteiger partial charge is 0.497 e. The molecule has 5 nitrogen and oxygen atoms in total. The summed E-state index contributed by atoms with van der Waals surface area (Å²) in [6.45, 7) is 2.94. The number of aromatic nitrogens is 1. The van der Waals surface area contributed by atoms with Crippen molar-refractivity contribution in [1.82, 2.24) is 4.98 Å². The fourth-order valence-corrected chi connectivity index (χ4v) is 1.81. The van der Waals surface area contributed by atoms with Crippen LogP contribution in [0.4, 0.5) is 11.4 Å². The van der Waals surface area contributed by atoms with Crippen molar-refractivity contribution in [3.05, 3.63) is 48.3 Å². The average Bonchev–Trinajstić information content (AvgIpc) is 2.54. The van der Waals surface area contributed by atoms with E-state index in [1.807, 2.05) is 0 Å². The number of amides is 1. The number of methoxy groups -OCH3 is 1. The second-order valence-electron chi connectivity index (χ2n) is 4.57. The first-order valence-corrected chi connectivity index (χ1v) is 6.87. The zero-order valence-corrected chi connectivity index (χ0v) is 12.2. The quantitative estimate of drug-likeness (QED) is 0.855. The molecule has 0 radical (unpaired) electrons. The second kappa shape index (κ2) is 7.28. The molecule has 0 fully saturated rings. The third kappa shape index (κ3) is 4.21. The molecule has 0 aliphatic rings. The SMILES string of the molecule is CCCNc1cncc(C(=O)Nc2ccc(OC)cc2)c1. The Bertz CT molecular complexity index is 597. The first-order chi connectivity index (χ1) is 10.2. The molecule has 1 aromatic heterocycles. The van der Waals surface area contributed by atoms with Crippen LogP contribution < -0.4 is 15.4 Å². The average molecular weight is 285 g/mol. The van der Waals surface area contributed by atoms with Crippen LogP contribution >= 0.6 is 0 Å². The van der Waals surface area contributed by atoms with Gasteiger partial charge in [0.1, 0.15) is 5.75 Å². The molecule has 1 amide bonds. The Hall–Kier alpha value is -2.56. The van der Waals surface area contributed by atoms with Crippen LogP contribution in [-0.2, 0) is 0 Å². The third-order valence-corrected chi connectivity index (χ3v) is 2.93. The van der Waals surface area contributed by atoms with Crippen LogP contribution in [-0.4, -0.2) is 24.5 Å². The van der Waals surface area contributed by atoms with Crippen molar-refractivity contribution in [1.29, 1.82) is 0 Å². The molecule has 2 N–H and O–H groups in total. The lowest BCUT2D eigenvalue weighted by atomic mass is 10.2. The first kappa shape index (κ1) is 14.8. The van der Waals surface area contributed by atoms with E-state index in [0.717, 1.165) is 24.4 Å². The topological polar surface area (TPSA) is 63.2 Å². The minimum Gasteiger partial charge on any atom is -0.497 e. The number of hydrogen-bond acceptors (Lipinski definition) is 4. The van der Waals surface area contributed by atoms with Gasteiger partial charge in [0.25, 0.3) is 5.91 Å². The number of benzene rings is 1. The van der Waals surface area contributed by atoms with Crippen LogP contribution in [0, 0.1) is 0 Å². The lowest BCUT2D eigenvalue weighted by molar-refractivity contribution is 0.102. The normalized spacial score (nSPS) is 10.0. The van der Waals surface area contributed by atoms with Crippen molar-refractivity contribution in [2.45, 2.75) is 13.3 Å². The molecule has 0 saturated heterocycles. The summed E-state index contributed by atoms with van der Waals surface area (Å²) < 4.78 is 5.08. The molecule has 0 saturated carbocycles. The van der Waals surface area contributed by atoms with E-state index < -0.39 is 0 Å². The summed E-state index contributed by atoms with van der Waals surface area (Å²) in [4.78, 5) is 16.3. The Labute approximate surface area is 124 Å². The number of carbonyl (C=O) groups is 1. The summed E-state index contributed by atoms with van der Waals surface area (Å²) in [5.41, 5.74) is 2.08. The van der Waals surface area contributed by atoms with Crippen LogP contribution in [0.2, 0.25) is 0 Å². The van der Waals surface area contributed by atoms with Gasteiger partial charge in [0, 0.05) is 24.6 Å². The van der Waals surface area contributed by atoms with E-state index in [-0.39, 0.29) is 5.91 Å². The number of ether oxygens (including phenoxy) is 1. The smallest absolute Gasteiger partial charge is 0.257 e. The van der Waals surface area contributed by atoms with E-state index in [0.29, 0.717) is 11.3 Å². The molecular weight excluding hydrogens is 266 g/mol. The third-order valence-electron chi connectivity index (χ3n) is 2.93. The molecule has 2 rings (SSSR count). The van der Waals surface area contributed by atoms with Crippen LogP contribution in [0.1, 0.15) is 23.7 Å². The van der Waals surface area contributed by atoms with Gasteiger partial charge < -0.3 is 15.4 Å². The van der Waals surface area contributed by atoms with Crippen LogP contribution in [0.25, 0.3) is 0 Å². The van der Waals surface area contributed by atoms with Crippen LogP contribution in [0.5, 0.6) is 5.75 Å². The van der Waals surface area contributed by atoms with Gasteiger partial charge in [-0.15, -0.1) is 0 Å². The number of nitrogens with zero attached hydrogens (tertiary/aromatic N) is 1. The number of nitrogens with one attached hydrogen (secondary N) is 2. The van der Waals surface area contributed by atoms with Crippen LogP contribution in [0.15, 0.2) is 42.7 Å². The van der Waals surface area contributed by atoms with E-state index in [9.17, 15) is 4.79 Å². The van der Waals surface area contributed by atoms with Gasteiger partial charge >= 0.3 is 0 Å². The maximum atomic E-state index is 12.2. The first-order valence-electron chi connectivity index (χ1n) is 6.87. The summed E-state index contributed by atoms with van der Waals surface area (Å²) in [5.74, 6) is 0.563. The molecule has 0 spiro atoms. The van der Waals surface area contributed by atoms with E-state index in [4.69, 9.17) is 4.74 Å². The monoisotopic (exact) mass is 285 g/mol. The molecule has 110 valence electrons. The highest BCUT2D eigenvalue weighted by atomic mass is 16.5. The predicted molar refractivity (Wildman–Crippen MR) is 84.0 cm³/mol. The zero-order valence-electron chi connectivity index (χ0n) is 12.2. The molecule has 0 unspecified atom stereocenters. The molecule has 2 aromatic rings.